The fourth-order valence-corrected chi connectivity index (χ4v) is 4.54. The lowest BCUT2D eigenvalue weighted by Gasteiger charge is -2.07. The second-order valence-electron chi connectivity index (χ2n) is 7.83. The van der Waals surface area contributed by atoms with Crippen LogP contribution in [0.5, 0.6) is 5.75 Å². The van der Waals surface area contributed by atoms with Gasteiger partial charge in [-0.1, -0.05) is 18.2 Å². The molecule has 1 heterocycles. The van der Waals surface area contributed by atoms with Gasteiger partial charge in [-0.3, -0.25) is 19.7 Å². The summed E-state index contributed by atoms with van der Waals surface area (Å²) in [5.41, 5.74) is 2.00. The molecule has 9 nitrogen and oxygen atoms in total. The molecular formula is C26H24N4O5S. The van der Waals surface area contributed by atoms with Crippen molar-refractivity contribution in [3.05, 3.63) is 94.7 Å². The highest BCUT2D eigenvalue weighted by Gasteiger charge is 2.13. The lowest BCUT2D eigenvalue weighted by Crippen LogP contribution is -2.27. The number of non-ortho nitro benzene ring substituents is 1. The number of carbonyl (C=O) groups excluding carboxylic acids is 2. The Labute approximate surface area is 211 Å². The highest BCUT2D eigenvalue weighted by Crippen LogP contribution is 2.30. The van der Waals surface area contributed by atoms with E-state index in [1.807, 2.05) is 35.0 Å². The number of rotatable bonds is 10. The van der Waals surface area contributed by atoms with E-state index in [2.05, 4.69) is 10.6 Å². The fourth-order valence-electron chi connectivity index (χ4n) is 3.65. The minimum atomic E-state index is -0.503. The van der Waals surface area contributed by atoms with Crippen LogP contribution in [0.3, 0.4) is 0 Å². The summed E-state index contributed by atoms with van der Waals surface area (Å²) in [5.74, 6) is 0.555. The molecule has 0 saturated carbocycles. The molecule has 0 bridgehead atoms. The normalized spacial score (nSPS) is 10.7. The summed E-state index contributed by atoms with van der Waals surface area (Å²) in [7, 11) is 1.59. The molecule has 4 rings (SSSR count). The number of anilines is 1. The number of hydrogen-bond acceptors (Lipinski definition) is 6. The number of amides is 2. The molecule has 2 N–H and O–H groups in total. The van der Waals surface area contributed by atoms with Crippen molar-refractivity contribution in [3.8, 4) is 5.75 Å². The largest absolute Gasteiger partial charge is 0.497 e. The zero-order valence-corrected chi connectivity index (χ0v) is 20.3. The molecule has 0 aliphatic rings. The number of fused-ring (bicyclic) bond motifs is 1. The highest BCUT2D eigenvalue weighted by molar-refractivity contribution is 8.00. The van der Waals surface area contributed by atoms with Crippen LogP contribution >= 0.6 is 11.8 Å². The molecule has 4 aromatic rings. The molecule has 0 atom stereocenters. The monoisotopic (exact) mass is 504 g/mol. The minimum absolute atomic E-state index is 0.0620. The van der Waals surface area contributed by atoms with Crippen LogP contribution in [0.4, 0.5) is 11.4 Å². The highest BCUT2D eigenvalue weighted by atomic mass is 32.2. The predicted octanol–water partition coefficient (Wildman–Crippen LogP) is 4.72. The van der Waals surface area contributed by atoms with Gasteiger partial charge in [-0.15, -0.1) is 11.8 Å². The van der Waals surface area contributed by atoms with Gasteiger partial charge in [0.05, 0.1) is 17.8 Å². The Balaban J connectivity index is 1.35. The average Bonchev–Trinajstić information content (AvgIpc) is 3.25. The number of ether oxygens (including phenoxy) is 1. The van der Waals surface area contributed by atoms with Crippen molar-refractivity contribution in [1.82, 2.24) is 9.88 Å². The van der Waals surface area contributed by atoms with Gasteiger partial charge in [0.15, 0.2) is 0 Å². The van der Waals surface area contributed by atoms with E-state index in [9.17, 15) is 19.7 Å². The number of thioether (sulfide) groups is 1. The van der Waals surface area contributed by atoms with Crippen molar-refractivity contribution in [3.63, 3.8) is 0 Å². The zero-order chi connectivity index (χ0) is 25.5. The van der Waals surface area contributed by atoms with Gasteiger partial charge in [-0.2, -0.15) is 0 Å². The van der Waals surface area contributed by atoms with Crippen LogP contribution < -0.4 is 15.4 Å². The molecule has 0 fully saturated rings. The Bertz CT molecular complexity index is 1380. The number of carbonyl (C=O) groups is 2. The van der Waals surface area contributed by atoms with Gasteiger partial charge >= 0.3 is 0 Å². The molecule has 0 unspecified atom stereocenters. The minimum Gasteiger partial charge on any atom is -0.497 e. The summed E-state index contributed by atoms with van der Waals surface area (Å²) in [6.45, 7) is 0.897. The first-order chi connectivity index (χ1) is 17.4. The first-order valence-electron chi connectivity index (χ1n) is 11.1. The van der Waals surface area contributed by atoms with Gasteiger partial charge in [-0.05, 0) is 42.5 Å². The maximum absolute atomic E-state index is 12.5. The predicted molar refractivity (Wildman–Crippen MR) is 140 cm³/mol. The number of nitrogens with one attached hydrogen (secondary N) is 2. The van der Waals surface area contributed by atoms with Crippen LogP contribution in [-0.2, 0) is 11.3 Å². The van der Waals surface area contributed by atoms with Crippen molar-refractivity contribution in [2.75, 3.05) is 24.7 Å². The van der Waals surface area contributed by atoms with E-state index >= 15 is 0 Å². The van der Waals surface area contributed by atoms with Crippen molar-refractivity contribution < 1.29 is 19.2 Å². The number of nitro benzene ring substituents is 1. The summed E-state index contributed by atoms with van der Waals surface area (Å²) >= 11 is 1.45. The number of nitrogens with zero attached hydrogens (tertiary/aromatic N) is 2. The first-order valence-corrected chi connectivity index (χ1v) is 12.1. The van der Waals surface area contributed by atoms with Gasteiger partial charge in [-0.25, -0.2) is 0 Å². The smallest absolute Gasteiger partial charge is 0.269 e. The van der Waals surface area contributed by atoms with Gasteiger partial charge < -0.3 is 19.9 Å². The average molecular weight is 505 g/mol. The van der Waals surface area contributed by atoms with Crippen LogP contribution in [0.2, 0.25) is 0 Å². The molecule has 2 amide bonds. The summed E-state index contributed by atoms with van der Waals surface area (Å²) in [6, 6.07) is 20.5. The van der Waals surface area contributed by atoms with Gasteiger partial charge in [0.2, 0.25) is 5.91 Å². The number of aromatic nitrogens is 1. The summed E-state index contributed by atoms with van der Waals surface area (Å²) in [4.78, 5) is 36.1. The van der Waals surface area contributed by atoms with Gasteiger partial charge in [0.1, 0.15) is 5.75 Å². The van der Waals surface area contributed by atoms with Crippen molar-refractivity contribution in [2.45, 2.75) is 11.4 Å². The maximum Gasteiger partial charge on any atom is 0.269 e. The van der Waals surface area contributed by atoms with E-state index in [0.29, 0.717) is 24.3 Å². The van der Waals surface area contributed by atoms with E-state index in [4.69, 9.17) is 4.74 Å². The van der Waals surface area contributed by atoms with Gasteiger partial charge in [0.25, 0.3) is 11.6 Å². The molecule has 36 heavy (non-hydrogen) atoms. The van der Waals surface area contributed by atoms with Crippen LogP contribution in [-0.4, -0.2) is 40.7 Å². The third-order valence-electron chi connectivity index (χ3n) is 5.46. The number of methoxy groups -OCH3 is 1. The Morgan fingerprint density at radius 2 is 1.75 bits per heavy atom. The molecule has 0 radical (unpaired) electrons. The second-order valence-corrected chi connectivity index (χ2v) is 8.85. The maximum atomic E-state index is 12.5. The fraction of sp³-hybridized carbons (Fsp3) is 0.154. The molecule has 10 heteroatoms. The second kappa shape index (κ2) is 11.4. The van der Waals surface area contributed by atoms with Crippen LogP contribution in [0.15, 0.2) is 83.9 Å². The quantitative estimate of drug-likeness (QED) is 0.183. The van der Waals surface area contributed by atoms with E-state index < -0.39 is 4.92 Å². The number of hydrogen-bond donors (Lipinski definition) is 2. The van der Waals surface area contributed by atoms with Gasteiger partial charge in [0, 0.05) is 58.5 Å². The third-order valence-corrected chi connectivity index (χ3v) is 6.51. The third kappa shape index (κ3) is 6.02. The molecule has 3 aromatic carbocycles. The summed E-state index contributed by atoms with van der Waals surface area (Å²) in [5, 5.41) is 17.5. The van der Waals surface area contributed by atoms with E-state index in [1.54, 1.807) is 31.4 Å². The van der Waals surface area contributed by atoms with Crippen LogP contribution in [0.1, 0.15) is 10.4 Å². The molecule has 184 valence electrons. The lowest BCUT2D eigenvalue weighted by molar-refractivity contribution is -0.384. The molecule has 0 aliphatic heterocycles. The molecule has 0 spiro atoms. The number of nitro groups is 1. The van der Waals surface area contributed by atoms with E-state index in [0.717, 1.165) is 21.5 Å². The summed E-state index contributed by atoms with van der Waals surface area (Å²) in [6.07, 6.45) is 1.98. The Kier molecular flexibility index (Phi) is 7.86. The van der Waals surface area contributed by atoms with Crippen molar-refractivity contribution in [1.29, 1.82) is 0 Å². The molecule has 0 aliphatic carbocycles. The van der Waals surface area contributed by atoms with Crippen molar-refractivity contribution >= 4 is 45.9 Å². The van der Waals surface area contributed by atoms with Crippen molar-refractivity contribution in [2.24, 2.45) is 0 Å². The Morgan fingerprint density at radius 3 is 2.44 bits per heavy atom. The SMILES string of the molecule is COc1ccc(NC(=O)CSc2cn(CCNC(=O)c3ccc([N+](=O)[O-])cc3)c3ccccc23)cc1. The molecule has 0 saturated heterocycles. The Morgan fingerprint density at radius 1 is 1.03 bits per heavy atom. The standard InChI is InChI=1S/C26H24N4O5S/c1-35-21-12-8-19(9-13-21)28-25(31)17-36-24-16-29(23-5-3-2-4-22(23)24)15-14-27-26(32)18-6-10-20(11-7-18)30(33)34/h2-13,16H,14-15,17H2,1H3,(H,27,32)(H,28,31). The summed E-state index contributed by atoms with van der Waals surface area (Å²) < 4.78 is 7.17. The molecule has 1 aromatic heterocycles. The van der Waals surface area contributed by atoms with E-state index in [1.165, 1.54) is 36.0 Å². The van der Waals surface area contributed by atoms with Crippen LogP contribution in [0, 0.1) is 10.1 Å². The number of benzene rings is 3. The lowest BCUT2D eigenvalue weighted by atomic mass is 10.2. The first kappa shape index (κ1) is 24.8. The number of para-hydroxylation sites is 1. The molecular weight excluding hydrogens is 480 g/mol. The Hall–Kier alpha value is -4.31. The topological polar surface area (TPSA) is 116 Å². The van der Waals surface area contributed by atoms with Crippen LogP contribution in [0.25, 0.3) is 10.9 Å². The van der Waals surface area contributed by atoms with E-state index in [-0.39, 0.29) is 23.3 Å². The zero-order valence-electron chi connectivity index (χ0n) is 19.5.